The van der Waals surface area contributed by atoms with Gasteiger partial charge in [-0.25, -0.2) is 4.98 Å². The van der Waals surface area contributed by atoms with Gasteiger partial charge in [0.25, 0.3) is 5.91 Å². The van der Waals surface area contributed by atoms with Crippen molar-refractivity contribution in [3.05, 3.63) is 84.3 Å². The van der Waals surface area contributed by atoms with E-state index in [0.29, 0.717) is 11.4 Å². The summed E-state index contributed by atoms with van der Waals surface area (Å²) in [6, 6.07) is 17.6. The second kappa shape index (κ2) is 8.67. The molecule has 32 heavy (non-hydrogen) atoms. The van der Waals surface area contributed by atoms with Gasteiger partial charge in [0.15, 0.2) is 0 Å². The Hall–Kier alpha value is -3.93. The quantitative estimate of drug-likeness (QED) is 0.441. The van der Waals surface area contributed by atoms with Gasteiger partial charge < -0.3 is 15.5 Å². The van der Waals surface area contributed by atoms with E-state index in [4.69, 9.17) is 0 Å². The third kappa shape index (κ3) is 4.12. The molecular formula is C26H25N5O. The summed E-state index contributed by atoms with van der Waals surface area (Å²) in [5.41, 5.74) is 4.53. The van der Waals surface area contributed by atoms with Crippen LogP contribution in [0.3, 0.4) is 0 Å². The van der Waals surface area contributed by atoms with Gasteiger partial charge in [-0.1, -0.05) is 6.07 Å². The fraction of sp³-hybridized carbons (Fsp3) is 0.192. The third-order valence-electron chi connectivity index (χ3n) is 5.86. The largest absolute Gasteiger partial charge is 0.371 e. The number of nitrogens with one attached hydrogen (secondary N) is 2. The van der Waals surface area contributed by atoms with Gasteiger partial charge in [0, 0.05) is 54.1 Å². The summed E-state index contributed by atoms with van der Waals surface area (Å²) < 4.78 is 0. The summed E-state index contributed by atoms with van der Waals surface area (Å²) in [5, 5.41) is 8.44. The van der Waals surface area contributed by atoms with Crippen LogP contribution in [0.2, 0.25) is 0 Å². The molecule has 2 aromatic heterocycles. The van der Waals surface area contributed by atoms with Crippen LogP contribution in [0.1, 0.15) is 28.8 Å². The van der Waals surface area contributed by atoms with E-state index in [1.165, 1.54) is 24.1 Å². The van der Waals surface area contributed by atoms with Crippen molar-refractivity contribution in [1.29, 1.82) is 0 Å². The number of rotatable bonds is 5. The Kier molecular flexibility index (Phi) is 5.42. The maximum Gasteiger partial charge on any atom is 0.259 e. The van der Waals surface area contributed by atoms with Crippen molar-refractivity contribution >= 4 is 39.6 Å². The van der Waals surface area contributed by atoms with Gasteiger partial charge in [-0.2, -0.15) is 0 Å². The molecule has 5 rings (SSSR count). The van der Waals surface area contributed by atoms with Gasteiger partial charge in [0.2, 0.25) is 0 Å². The normalized spacial score (nSPS) is 13.3. The lowest BCUT2D eigenvalue weighted by atomic mass is 10.1. The maximum atomic E-state index is 13.1. The number of carbonyl (C=O) groups excluding carboxylic acids is 1. The third-order valence-corrected chi connectivity index (χ3v) is 5.86. The summed E-state index contributed by atoms with van der Waals surface area (Å²) in [4.78, 5) is 24.1. The van der Waals surface area contributed by atoms with Crippen LogP contribution in [0.25, 0.3) is 10.8 Å². The minimum atomic E-state index is -0.198. The SMILES string of the molecule is Cc1cc(NC(=O)c2cccnc2Nc2ccc3ccncc3c2)ccc1N1CCCC1. The summed E-state index contributed by atoms with van der Waals surface area (Å²) in [5.74, 6) is 0.315. The number of amides is 1. The topological polar surface area (TPSA) is 70.1 Å². The summed E-state index contributed by atoms with van der Waals surface area (Å²) in [7, 11) is 0. The number of pyridine rings is 2. The highest BCUT2D eigenvalue weighted by molar-refractivity contribution is 6.08. The van der Waals surface area contributed by atoms with E-state index in [1.807, 2.05) is 42.6 Å². The Morgan fingerprint density at radius 2 is 1.78 bits per heavy atom. The van der Waals surface area contributed by atoms with E-state index in [2.05, 4.69) is 38.5 Å². The van der Waals surface area contributed by atoms with Crippen molar-refractivity contribution < 1.29 is 4.79 Å². The second-order valence-corrected chi connectivity index (χ2v) is 8.11. The lowest BCUT2D eigenvalue weighted by Crippen LogP contribution is -2.19. The predicted octanol–water partition coefficient (Wildman–Crippen LogP) is 5.53. The van der Waals surface area contributed by atoms with Crippen LogP contribution in [0.4, 0.5) is 22.9 Å². The van der Waals surface area contributed by atoms with Gasteiger partial charge in [-0.15, -0.1) is 0 Å². The van der Waals surface area contributed by atoms with Crippen molar-refractivity contribution in [3.8, 4) is 0 Å². The molecule has 0 aliphatic carbocycles. The van der Waals surface area contributed by atoms with Crippen molar-refractivity contribution in [2.75, 3.05) is 28.6 Å². The first-order valence-electron chi connectivity index (χ1n) is 10.9. The predicted molar refractivity (Wildman–Crippen MR) is 130 cm³/mol. The van der Waals surface area contributed by atoms with E-state index in [1.54, 1.807) is 24.5 Å². The highest BCUT2D eigenvalue weighted by atomic mass is 16.1. The van der Waals surface area contributed by atoms with Gasteiger partial charge in [0.1, 0.15) is 5.82 Å². The zero-order valence-corrected chi connectivity index (χ0v) is 18.0. The fourth-order valence-corrected chi connectivity index (χ4v) is 4.23. The molecule has 1 amide bonds. The Balaban J connectivity index is 1.36. The van der Waals surface area contributed by atoms with Crippen LogP contribution in [0.15, 0.2) is 73.2 Å². The summed E-state index contributed by atoms with van der Waals surface area (Å²) >= 11 is 0. The first-order chi connectivity index (χ1) is 15.7. The minimum Gasteiger partial charge on any atom is -0.371 e. The van der Waals surface area contributed by atoms with Crippen LogP contribution in [0, 0.1) is 6.92 Å². The average molecular weight is 424 g/mol. The molecule has 160 valence electrons. The molecule has 0 atom stereocenters. The Morgan fingerprint density at radius 3 is 2.62 bits per heavy atom. The fourth-order valence-electron chi connectivity index (χ4n) is 4.23. The molecule has 0 saturated carbocycles. The standard InChI is InChI=1S/C26H25N5O/c1-18-15-21(8-9-24(18)31-13-2-3-14-31)30-26(32)23-5-4-11-28-25(23)29-22-7-6-19-10-12-27-17-20(19)16-22/h4-12,15-17H,2-3,13-14H2,1H3,(H,28,29)(H,30,32). The van der Waals surface area contributed by atoms with Crippen LogP contribution in [-0.4, -0.2) is 29.0 Å². The smallest absolute Gasteiger partial charge is 0.259 e. The minimum absolute atomic E-state index is 0.198. The molecule has 3 heterocycles. The van der Waals surface area contributed by atoms with Gasteiger partial charge in [-0.05, 0) is 79.2 Å². The number of aromatic nitrogens is 2. The Labute approximate surface area is 187 Å². The number of nitrogens with zero attached hydrogens (tertiary/aromatic N) is 3. The second-order valence-electron chi connectivity index (χ2n) is 8.11. The van der Waals surface area contributed by atoms with E-state index in [-0.39, 0.29) is 5.91 Å². The molecular weight excluding hydrogens is 398 g/mol. The van der Waals surface area contributed by atoms with Crippen LogP contribution in [-0.2, 0) is 0 Å². The highest BCUT2D eigenvalue weighted by Gasteiger charge is 2.16. The number of carbonyl (C=O) groups is 1. The van der Waals surface area contributed by atoms with E-state index >= 15 is 0 Å². The average Bonchev–Trinajstić information content (AvgIpc) is 3.34. The summed E-state index contributed by atoms with van der Waals surface area (Å²) in [6.07, 6.45) is 7.75. The first-order valence-corrected chi connectivity index (χ1v) is 10.9. The van der Waals surface area contributed by atoms with E-state index in [0.717, 1.165) is 35.2 Å². The van der Waals surface area contributed by atoms with Gasteiger partial charge >= 0.3 is 0 Å². The van der Waals surface area contributed by atoms with E-state index in [9.17, 15) is 4.79 Å². The lowest BCUT2D eigenvalue weighted by Gasteiger charge is -2.21. The number of hydrogen-bond donors (Lipinski definition) is 2. The van der Waals surface area contributed by atoms with Crippen molar-refractivity contribution in [2.45, 2.75) is 19.8 Å². The zero-order valence-electron chi connectivity index (χ0n) is 18.0. The zero-order chi connectivity index (χ0) is 21.9. The van der Waals surface area contributed by atoms with Crippen LogP contribution >= 0.6 is 0 Å². The molecule has 1 aliphatic heterocycles. The molecule has 0 bridgehead atoms. The molecule has 0 radical (unpaired) electrons. The molecule has 4 aromatic rings. The molecule has 6 nitrogen and oxygen atoms in total. The molecule has 0 spiro atoms. The molecule has 2 aromatic carbocycles. The molecule has 6 heteroatoms. The molecule has 1 aliphatic rings. The van der Waals surface area contributed by atoms with Crippen LogP contribution in [0.5, 0.6) is 0 Å². The summed E-state index contributed by atoms with van der Waals surface area (Å²) in [6.45, 7) is 4.29. The maximum absolute atomic E-state index is 13.1. The number of benzene rings is 2. The Bertz CT molecular complexity index is 1280. The number of anilines is 4. The number of hydrogen-bond acceptors (Lipinski definition) is 5. The monoisotopic (exact) mass is 423 g/mol. The van der Waals surface area contributed by atoms with Gasteiger partial charge in [0.05, 0.1) is 5.56 Å². The molecule has 1 saturated heterocycles. The molecule has 1 fully saturated rings. The van der Waals surface area contributed by atoms with Gasteiger partial charge in [-0.3, -0.25) is 9.78 Å². The van der Waals surface area contributed by atoms with Crippen LogP contribution < -0.4 is 15.5 Å². The van der Waals surface area contributed by atoms with Crippen molar-refractivity contribution in [3.63, 3.8) is 0 Å². The first kappa shape index (κ1) is 20.0. The Morgan fingerprint density at radius 1 is 0.938 bits per heavy atom. The lowest BCUT2D eigenvalue weighted by molar-refractivity contribution is 0.102. The molecule has 0 unspecified atom stereocenters. The number of fused-ring (bicyclic) bond motifs is 1. The number of aryl methyl sites for hydroxylation is 1. The molecule has 2 N–H and O–H groups in total. The highest BCUT2D eigenvalue weighted by Crippen LogP contribution is 2.28. The van der Waals surface area contributed by atoms with Crippen molar-refractivity contribution in [1.82, 2.24) is 9.97 Å². The van der Waals surface area contributed by atoms with Crippen molar-refractivity contribution in [2.24, 2.45) is 0 Å². The van der Waals surface area contributed by atoms with E-state index < -0.39 is 0 Å².